The predicted octanol–water partition coefficient (Wildman–Crippen LogP) is 4.90. The van der Waals surface area contributed by atoms with Crippen molar-refractivity contribution in [2.45, 2.75) is 32.4 Å². The predicted molar refractivity (Wildman–Crippen MR) is 82.5 cm³/mol. The van der Waals surface area contributed by atoms with Crippen LogP contribution in [0.25, 0.3) is 0 Å². The highest BCUT2D eigenvalue weighted by atomic mass is 35.5. The van der Waals surface area contributed by atoms with Crippen LogP contribution in [0.15, 0.2) is 42.5 Å². The first kappa shape index (κ1) is 15.9. The zero-order valence-corrected chi connectivity index (χ0v) is 12.8. The first-order valence-corrected chi connectivity index (χ1v) is 7.29. The average Bonchev–Trinajstić information content (AvgIpc) is 2.43. The Balaban J connectivity index is 2.03. The standard InChI is InChI=1S/C17H18ClF2N/c1-11(9-15-16(19)7-4-8-17(15)20)21-12(2)13-5-3-6-14(18)10-13/h3-8,10-12,21H,9H2,1-2H3. The van der Waals surface area contributed by atoms with Gasteiger partial charge in [-0.1, -0.05) is 29.8 Å². The molecule has 0 bridgehead atoms. The Kier molecular flexibility index (Phi) is 5.32. The molecule has 0 radical (unpaired) electrons. The maximum absolute atomic E-state index is 13.6. The lowest BCUT2D eigenvalue weighted by Gasteiger charge is -2.21. The van der Waals surface area contributed by atoms with Crippen LogP contribution in [-0.2, 0) is 6.42 Å². The summed E-state index contributed by atoms with van der Waals surface area (Å²) in [5.41, 5.74) is 1.17. The molecule has 0 aliphatic heterocycles. The number of hydrogen-bond acceptors (Lipinski definition) is 1. The normalized spacial score (nSPS) is 14.0. The minimum atomic E-state index is -0.501. The third kappa shape index (κ3) is 4.26. The van der Waals surface area contributed by atoms with Gasteiger partial charge in [-0.05, 0) is 50.1 Å². The topological polar surface area (TPSA) is 12.0 Å². The van der Waals surface area contributed by atoms with Crippen molar-refractivity contribution < 1.29 is 8.78 Å². The van der Waals surface area contributed by atoms with Gasteiger partial charge < -0.3 is 5.32 Å². The van der Waals surface area contributed by atoms with E-state index in [1.165, 1.54) is 18.2 Å². The Morgan fingerprint density at radius 3 is 2.29 bits per heavy atom. The lowest BCUT2D eigenvalue weighted by atomic mass is 10.0. The molecule has 0 aliphatic rings. The van der Waals surface area contributed by atoms with Crippen molar-refractivity contribution in [3.8, 4) is 0 Å². The smallest absolute Gasteiger partial charge is 0.129 e. The Labute approximate surface area is 128 Å². The van der Waals surface area contributed by atoms with Gasteiger partial charge in [0, 0.05) is 22.7 Å². The molecule has 2 aromatic rings. The van der Waals surface area contributed by atoms with E-state index in [4.69, 9.17) is 11.6 Å². The first-order chi connectivity index (χ1) is 9.97. The average molecular weight is 310 g/mol. The first-order valence-electron chi connectivity index (χ1n) is 6.91. The van der Waals surface area contributed by atoms with Gasteiger partial charge in [-0.3, -0.25) is 0 Å². The highest BCUT2D eigenvalue weighted by Crippen LogP contribution is 2.19. The van der Waals surface area contributed by atoms with E-state index in [0.29, 0.717) is 11.4 Å². The van der Waals surface area contributed by atoms with Gasteiger partial charge >= 0.3 is 0 Å². The highest BCUT2D eigenvalue weighted by molar-refractivity contribution is 6.30. The number of halogens is 3. The summed E-state index contributed by atoms with van der Waals surface area (Å²) in [7, 11) is 0. The summed E-state index contributed by atoms with van der Waals surface area (Å²) < 4.78 is 27.3. The Hall–Kier alpha value is -1.45. The molecule has 0 saturated carbocycles. The van der Waals surface area contributed by atoms with Crippen molar-refractivity contribution in [1.29, 1.82) is 0 Å². The quantitative estimate of drug-likeness (QED) is 0.828. The number of hydrogen-bond donors (Lipinski definition) is 1. The van der Waals surface area contributed by atoms with Gasteiger partial charge in [-0.15, -0.1) is 0 Å². The van der Waals surface area contributed by atoms with E-state index in [0.717, 1.165) is 5.56 Å². The molecule has 4 heteroatoms. The van der Waals surface area contributed by atoms with E-state index in [-0.39, 0.29) is 17.6 Å². The van der Waals surface area contributed by atoms with Crippen LogP contribution in [0.4, 0.5) is 8.78 Å². The summed E-state index contributed by atoms with van der Waals surface area (Å²) in [6.45, 7) is 3.91. The SMILES string of the molecule is CC(Cc1c(F)cccc1F)NC(C)c1cccc(Cl)c1. The molecule has 21 heavy (non-hydrogen) atoms. The van der Waals surface area contributed by atoms with Crippen molar-refractivity contribution in [2.75, 3.05) is 0 Å². The third-order valence-corrected chi connectivity index (χ3v) is 3.69. The van der Waals surface area contributed by atoms with Crippen molar-refractivity contribution >= 4 is 11.6 Å². The minimum absolute atomic E-state index is 0.0496. The van der Waals surface area contributed by atoms with Crippen LogP contribution in [-0.4, -0.2) is 6.04 Å². The van der Waals surface area contributed by atoms with Gasteiger partial charge in [-0.2, -0.15) is 0 Å². The Bertz CT molecular complexity index is 595. The largest absolute Gasteiger partial charge is 0.307 e. The van der Waals surface area contributed by atoms with E-state index >= 15 is 0 Å². The van der Waals surface area contributed by atoms with E-state index in [1.54, 1.807) is 0 Å². The Morgan fingerprint density at radius 1 is 1.05 bits per heavy atom. The fraction of sp³-hybridized carbons (Fsp3) is 0.294. The summed E-state index contributed by atoms with van der Waals surface area (Å²) >= 11 is 5.97. The fourth-order valence-electron chi connectivity index (χ4n) is 2.39. The summed E-state index contributed by atoms with van der Waals surface area (Å²) in [6, 6.07) is 11.5. The van der Waals surface area contributed by atoms with Crippen LogP contribution in [0.2, 0.25) is 5.02 Å². The van der Waals surface area contributed by atoms with Gasteiger partial charge in [0.1, 0.15) is 11.6 Å². The molecular formula is C17H18ClF2N. The van der Waals surface area contributed by atoms with E-state index in [9.17, 15) is 8.78 Å². The third-order valence-electron chi connectivity index (χ3n) is 3.46. The van der Waals surface area contributed by atoms with Gasteiger partial charge in [0.2, 0.25) is 0 Å². The zero-order chi connectivity index (χ0) is 15.4. The molecule has 1 nitrogen and oxygen atoms in total. The van der Waals surface area contributed by atoms with Gasteiger partial charge in [-0.25, -0.2) is 8.78 Å². The monoisotopic (exact) mass is 309 g/mol. The second-order valence-electron chi connectivity index (χ2n) is 5.25. The fourth-order valence-corrected chi connectivity index (χ4v) is 2.59. The summed E-state index contributed by atoms with van der Waals surface area (Å²) in [6.07, 6.45) is 0.295. The second-order valence-corrected chi connectivity index (χ2v) is 5.69. The van der Waals surface area contributed by atoms with Gasteiger partial charge in [0.05, 0.1) is 0 Å². The van der Waals surface area contributed by atoms with E-state index in [2.05, 4.69) is 5.32 Å². The maximum Gasteiger partial charge on any atom is 0.129 e. The molecule has 2 rings (SSSR count). The molecular weight excluding hydrogens is 292 g/mol. The van der Waals surface area contributed by atoms with E-state index < -0.39 is 11.6 Å². The molecule has 0 aromatic heterocycles. The van der Waals surface area contributed by atoms with Crippen molar-refractivity contribution in [1.82, 2.24) is 5.32 Å². The Morgan fingerprint density at radius 2 is 1.67 bits per heavy atom. The number of nitrogens with one attached hydrogen (secondary N) is 1. The van der Waals surface area contributed by atoms with Crippen molar-refractivity contribution in [3.05, 3.63) is 70.2 Å². The second kappa shape index (κ2) is 7.01. The molecule has 2 aromatic carbocycles. The van der Waals surface area contributed by atoms with Crippen LogP contribution in [0, 0.1) is 11.6 Å². The number of rotatable bonds is 5. The molecule has 112 valence electrons. The molecule has 0 spiro atoms. The molecule has 0 saturated heterocycles. The lowest BCUT2D eigenvalue weighted by Crippen LogP contribution is -2.31. The van der Waals surface area contributed by atoms with Crippen LogP contribution < -0.4 is 5.32 Å². The zero-order valence-electron chi connectivity index (χ0n) is 12.0. The van der Waals surface area contributed by atoms with Crippen molar-refractivity contribution in [3.63, 3.8) is 0 Å². The van der Waals surface area contributed by atoms with Gasteiger partial charge in [0.25, 0.3) is 0 Å². The number of benzene rings is 2. The van der Waals surface area contributed by atoms with Crippen molar-refractivity contribution in [2.24, 2.45) is 0 Å². The van der Waals surface area contributed by atoms with Crippen LogP contribution in [0.5, 0.6) is 0 Å². The van der Waals surface area contributed by atoms with Crippen LogP contribution in [0.1, 0.15) is 31.0 Å². The molecule has 2 unspecified atom stereocenters. The van der Waals surface area contributed by atoms with E-state index in [1.807, 2.05) is 38.1 Å². The molecule has 0 heterocycles. The maximum atomic E-state index is 13.6. The summed E-state index contributed by atoms with van der Waals surface area (Å²) in [4.78, 5) is 0. The van der Waals surface area contributed by atoms with Crippen LogP contribution in [0.3, 0.4) is 0 Å². The summed E-state index contributed by atoms with van der Waals surface area (Å²) in [5.74, 6) is -1.00. The molecule has 0 amide bonds. The van der Waals surface area contributed by atoms with Gasteiger partial charge in [0.15, 0.2) is 0 Å². The highest BCUT2D eigenvalue weighted by Gasteiger charge is 2.15. The lowest BCUT2D eigenvalue weighted by molar-refractivity contribution is 0.457. The molecule has 1 N–H and O–H groups in total. The molecule has 0 aliphatic carbocycles. The minimum Gasteiger partial charge on any atom is -0.307 e. The summed E-state index contributed by atoms with van der Waals surface area (Å²) in [5, 5.41) is 4.01. The molecule has 0 fully saturated rings. The molecule has 2 atom stereocenters. The van der Waals surface area contributed by atoms with Crippen LogP contribution >= 0.6 is 11.6 Å².